The molecule has 106 valence electrons. The number of halogens is 3. The van der Waals surface area contributed by atoms with E-state index in [4.69, 9.17) is 5.73 Å². The minimum Gasteiger partial charge on any atom is -0.435 e. The van der Waals surface area contributed by atoms with Gasteiger partial charge in [-0.1, -0.05) is 24.3 Å². The van der Waals surface area contributed by atoms with E-state index in [9.17, 15) is 13.2 Å². The zero-order valence-corrected chi connectivity index (χ0v) is 10.8. The van der Waals surface area contributed by atoms with Crippen LogP contribution in [-0.2, 0) is 0 Å². The van der Waals surface area contributed by atoms with Crippen LogP contribution in [0.25, 0.3) is 0 Å². The summed E-state index contributed by atoms with van der Waals surface area (Å²) in [7, 11) is 0. The first-order valence-corrected chi connectivity index (χ1v) is 6.04. The average molecular weight is 281 g/mol. The summed E-state index contributed by atoms with van der Waals surface area (Å²) in [6, 6.07) is 10.3. The van der Waals surface area contributed by atoms with Crippen LogP contribution in [0.3, 0.4) is 0 Å². The lowest BCUT2D eigenvalue weighted by Gasteiger charge is -2.14. The quantitative estimate of drug-likeness (QED) is 0.925. The van der Waals surface area contributed by atoms with Gasteiger partial charge >= 0.3 is 6.61 Å². The number of hydrogen-bond acceptors (Lipinski definition) is 2. The molecule has 2 rings (SSSR count). The molecule has 0 fully saturated rings. The summed E-state index contributed by atoms with van der Waals surface area (Å²) in [4.78, 5) is 0. The number of aryl methyl sites for hydroxylation is 1. The second-order valence-corrected chi connectivity index (χ2v) is 4.43. The smallest absolute Gasteiger partial charge is 0.387 e. The van der Waals surface area contributed by atoms with Crippen molar-refractivity contribution in [2.75, 3.05) is 0 Å². The molecule has 5 heteroatoms. The van der Waals surface area contributed by atoms with Crippen molar-refractivity contribution < 1.29 is 17.9 Å². The highest BCUT2D eigenvalue weighted by molar-refractivity contribution is 5.36. The largest absolute Gasteiger partial charge is 0.435 e. The molecule has 2 nitrogen and oxygen atoms in total. The van der Waals surface area contributed by atoms with E-state index in [-0.39, 0.29) is 11.6 Å². The zero-order chi connectivity index (χ0) is 14.7. The number of benzene rings is 2. The lowest BCUT2D eigenvalue weighted by molar-refractivity contribution is -0.0498. The van der Waals surface area contributed by atoms with Gasteiger partial charge in [-0.05, 0) is 41.8 Å². The summed E-state index contributed by atoms with van der Waals surface area (Å²) in [5, 5.41) is 0. The molecule has 0 aliphatic carbocycles. The molecule has 0 aromatic heterocycles. The SMILES string of the molecule is Cc1cc(C(N)c2ccc(OC(F)F)cc2)ccc1F. The van der Waals surface area contributed by atoms with Crippen LogP contribution in [-0.4, -0.2) is 6.61 Å². The van der Waals surface area contributed by atoms with Crippen molar-refractivity contribution in [2.45, 2.75) is 19.6 Å². The van der Waals surface area contributed by atoms with Crippen molar-refractivity contribution in [1.82, 2.24) is 0 Å². The van der Waals surface area contributed by atoms with Gasteiger partial charge in [0.25, 0.3) is 0 Å². The second-order valence-electron chi connectivity index (χ2n) is 4.43. The van der Waals surface area contributed by atoms with Crippen LogP contribution < -0.4 is 10.5 Å². The molecule has 1 unspecified atom stereocenters. The van der Waals surface area contributed by atoms with Crippen LogP contribution in [0.1, 0.15) is 22.7 Å². The van der Waals surface area contributed by atoms with E-state index < -0.39 is 12.7 Å². The first-order chi connectivity index (χ1) is 9.47. The topological polar surface area (TPSA) is 35.2 Å². The third-order valence-corrected chi connectivity index (χ3v) is 3.01. The molecule has 2 aromatic rings. The molecule has 0 aliphatic heterocycles. The molecular formula is C15H14F3NO. The van der Waals surface area contributed by atoms with Crippen molar-refractivity contribution >= 4 is 0 Å². The summed E-state index contributed by atoms with van der Waals surface area (Å²) in [6.07, 6.45) is 0. The third-order valence-electron chi connectivity index (χ3n) is 3.01. The van der Waals surface area contributed by atoms with E-state index in [1.54, 1.807) is 31.2 Å². The van der Waals surface area contributed by atoms with Crippen molar-refractivity contribution in [1.29, 1.82) is 0 Å². The molecule has 0 saturated carbocycles. The van der Waals surface area contributed by atoms with E-state index >= 15 is 0 Å². The van der Waals surface area contributed by atoms with Gasteiger partial charge in [-0.2, -0.15) is 8.78 Å². The van der Waals surface area contributed by atoms with Crippen LogP contribution in [0.4, 0.5) is 13.2 Å². The standard InChI is InChI=1S/C15H14F3NO/c1-9-8-11(4-7-13(9)16)14(19)10-2-5-12(6-3-10)20-15(17)18/h2-8,14-15H,19H2,1H3. The van der Waals surface area contributed by atoms with Crippen LogP contribution in [0.15, 0.2) is 42.5 Å². The van der Waals surface area contributed by atoms with Crippen LogP contribution in [0.2, 0.25) is 0 Å². The molecule has 2 N–H and O–H groups in total. The normalized spacial score (nSPS) is 12.5. The Balaban J connectivity index is 2.20. The fourth-order valence-corrected chi connectivity index (χ4v) is 1.91. The number of rotatable bonds is 4. The highest BCUT2D eigenvalue weighted by Crippen LogP contribution is 2.24. The molecular weight excluding hydrogens is 267 g/mol. The lowest BCUT2D eigenvalue weighted by atomic mass is 9.98. The van der Waals surface area contributed by atoms with Crippen molar-refractivity contribution in [3.8, 4) is 5.75 Å². The Labute approximate surface area is 115 Å². The predicted molar refractivity (Wildman–Crippen MR) is 70.2 cm³/mol. The molecule has 2 aromatic carbocycles. The number of alkyl halides is 2. The van der Waals surface area contributed by atoms with Gasteiger partial charge in [-0.25, -0.2) is 4.39 Å². The fourth-order valence-electron chi connectivity index (χ4n) is 1.91. The third kappa shape index (κ3) is 3.30. The molecule has 0 radical (unpaired) electrons. The number of ether oxygens (including phenoxy) is 1. The molecule has 0 aliphatic rings. The number of hydrogen-bond donors (Lipinski definition) is 1. The summed E-state index contributed by atoms with van der Waals surface area (Å²) in [6.45, 7) is -1.19. The molecule has 0 spiro atoms. The van der Waals surface area contributed by atoms with Gasteiger partial charge in [0.1, 0.15) is 11.6 Å². The maximum absolute atomic E-state index is 13.2. The average Bonchev–Trinajstić information content (AvgIpc) is 2.41. The highest BCUT2D eigenvalue weighted by atomic mass is 19.3. The fraction of sp³-hybridized carbons (Fsp3) is 0.200. The Bertz CT molecular complexity index is 584. The van der Waals surface area contributed by atoms with Gasteiger partial charge in [-0.3, -0.25) is 0 Å². The summed E-state index contributed by atoms with van der Waals surface area (Å²) < 4.78 is 41.6. The molecule has 1 atom stereocenters. The predicted octanol–water partition coefficient (Wildman–Crippen LogP) is 3.78. The monoisotopic (exact) mass is 281 g/mol. The summed E-state index contributed by atoms with van der Waals surface area (Å²) in [5.74, 6) is -0.215. The van der Waals surface area contributed by atoms with E-state index in [1.165, 1.54) is 18.2 Å². The Kier molecular flexibility index (Phi) is 4.29. The second kappa shape index (κ2) is 5.96. The molecule has 0 saturated heterocycles. The minimum atomic E-state index is -2.85. The van der Waals surface area contributed by atoms with Gasteiger partial charge in [0.2, 0.25) is 0 Å². The summed E-state index contributed by atoms with van der Waals surface area (Å²) in [5.41, 5.74) is 8.07. The van der Waals surface area contributed by atoms with E-state index in [0.29, 0.717) is 5.56 Å². The van der Waals surface area contributed by atoms with E-state index in [1.807, 2.05) is 0 Å². The molecule has 0 bridgehead atoms. The van der Waals surface area contributed by atoms with E-state index in [0.717, 1.165) is 11.1 Å². The first-order valence-electron chi connectivity index (χ1n) is 6.04. The number of nitrogens with two attached hydrogens (primary N) is 1. The maximum atomic E-state index is 13.2. The highest BCUT2D eigenvalue weighted by Gasteiger charge is 2.11. The van der Waals surface area contributed by atoms with Crippen LogP contribution in [0, 0.1) is 12.7 Å². The maximum Gasteiger partial charge on any atom is 0.387 e. The van der Waals surface area contributed by atoms with Crippen molar-refractivity contribution in [3.05, 3.63) is 65.0 Å². The minimum absolute atomic E-state index is 0.0752. The first kappa shape index (κ1) is 14.4. The lowest BCUT2D eigenvalue weighted by Crippen LogP contribution is -2.12. The summed E-state index contributed by atoms with van der Waals surface area (Å²) >= 11 is 0. The van der Waals surface area contributed by atoms with Crippen molar-refractivity contribution in [3.63, 3.8) is 0 Å². The Morgan fingerprint density at radius 1 is 1.00 bits per heavy atom. The molecule has 0 heterocycles. The van der Waals surface area contributed by atoms with Gasteiger partial charge in [0.05, 0.1) is 6.04 Å². The van der Waals surface area contributed by atoms with Gasteiger partial charge in [-0.15, -0.1) is 0 Å². The molecule has 0 amide bonds. The van der Waals surface area contributed by atoms with Gasteiger partial charge in [0, 0.05) is 0 Å². The van der Waals surface area contributed by atoms with E-state index in [2.05, 4.69) is 4.74 Å². The Morgan fingerprint density at radius 3 is 2.15 bits per heavy atom. The Hall–Kier alpha value is -2.01. The molecule has 20 heavy (non-hydrogen) atoms. The van der Waals surface area contributed by atoms with Gasteiger partial charge < -0.3 is 10.5 Å². The zero-order valence-electron chi connectivity index (χ0n) is 10.8. The van der Waals surface area contributed by atoms with Gasteiger partial charge in [0.15, 0.2) is 0 Å². The van der Waals surface area contributed by atoms with Crippen LogP contribution in [0.5, 0.6) is 5.75 Å². The Morgan fingerprint density at radius 2 is 1.60 bits per heavy atom. The van der Waals surface area contributed by atoms with Crippen LogP contribution >= 0.6 is 0 Å². The van der Waals surface area contributed by atoms with Crippen molar-refractivity contribution in [2.24, 2.45) is 5.73 Å².